The summed E-state index contributed by atoms with van der Waals surface area (Å²) in [5.41, 5.74) is 2.53. The van der Waals surface area contributed by atoms with Gasteiger partial charge in [0.15, 0.2) is 0 Å². The van der Waals surface area contributed by atoms with E-state index in [1.54, 1.807) is 0 Å². The molecule has 0 heterocycles. The van der Waals surface area contributed by atoms with Crippen molar-refractivity contribution < 1.29 is 19.1 Å². The first-order valence-corrected chi connectivity index (χ1v) is 8.31. The van der Waals surface area contributed by atoms with Crippen LogP contribution in [0.3, 0.4) is 0 Å². The highest BCUT2D eigenvalue weighted by atomic mass is 31.1. The Kier molecular flexibility index (Phi) is 6.12. The molecule has 0 saturated heterocycles. The van der Waals surface area contributed by atoms with Crippen molar-refractivity contribution in [3.63, 3.8) is 0 Å². The monoisotopic (exact) mass is 349 g/mol. The van der Waals surface area contributed by atoms with E-state index >= 15 is 0 Å². The first kappa shape index (κ1) is 18.2. The van der Waals surface area contributed by atoms with E-state index in [4.69, 9.17) is 9.05 Å². The number of hydrogen-bond donors (Lipinski definition) is 1. The Labute approximate surface area is 142 Å². The molecule has 0 bridgehead atoms. The summed E-state index contributed by atoms with van der Waals surface area (Å²) in [6.07, 6.45) is 0. The molecule has 0 fully saturated rings. The van der Waals surface area contributed by atoms with Crippen molar-refractivity contribution >= 4 is 14.7 Å². The number of aliphatic hydroxyl groups is 1. The van der Waals surface area contributed by atoms with Crippen LogP contribution in [-0.2, 0) is 6.61 Å². The molecule has 2 rings (SSSR count). The molecule has 0 aromatic heterocycles. The molecule has 7 heteroatoms. The van der Waals surface area contributed by atoms with Crippen LogP contribution >= 0.6 is 9.03 Å². The standard InChI is InChI=1S/C17H20NO5P/c1-11(2)15-7-4-12(3)8-17(15)23-24-22-16-9-14(18(20)21)6-5-13(16)10-19/h4-9,11,19,24H,10H2,1-3H3. The second-order valence-corrected chi connectivity index (χ2v) is 6.27. The van der Waals surface area contributed by atoms with Crippen LogP contribution in [0.2, 0.25) is 0 Å². The van der Waals surface area contributed by atoms with Gasteiger partial charge in [-0.1, -0.05) is 26.0 Å². The molecule has 0 saturated carbocycles. The Morgan fingerprint density at radius 3 is 2.50 bits per heavy atom. The normalized spacial score (nSPS) is 11.2. The second-order valence-electron chi connectivity index (χ2n) is 5.69. The molecule has 2 aromatic carbocycles. The number of rotatable bonds is 7. The van der Waals surface area contributed by atoms with Crippen LogP contribution in [0, 0.1) is 17.0 Å². The number of hydrogen-bond acceptors (Lipinski definition) is 5. The highest BCUT2D eigenvalue weighted by Gasteiger charge is 2.13. The predicted octanol–water partition coefficient (Wildman–Crippen LogP) is 4.49. The lowest BCUT2D eigenvalue weighted by atomic mass is 10.0. The van der Waals surface area contributed by atoms with Crippen LogP contribution in [0.5, 0.6) is 11.5 Å². The summed E-state index contributed by atoms with van der Waals surface area (Å²) >= 11 is 0. The minimum Gasteiger partial charge on any atom is -0.440 e. The Morgan fingerprint density at radius 1 is 1.17 bits per heavy atom. The van der Waals surface area contributed by atoms with Gasteiger partial charge in [-0.05, 0) is 36.1 Å². The van der Waals surface area contributed by atoms with Crippen LogP contribution in [-0.4, -0.2) is 10.0 Å². The van der Waals surface area contributed by atoms with Crippen molar-refractivity contribution in [3.05, 3.63) is 63.2 Å². The molecule has 6 nitrogen and oxygen atoms in total. The van der Waals surface area contributed by atoms with Gasteiger partial charge in [0.05, 0.1) is 17.6 Å². The van der Waals surface area contributed by atoms with Crippen molar-refractivity contribution in [1.29, 1.82) is 0 Å². The molecule has 1 unspecified atom stereocenters. The van der Waals surface area contributed by atoms with Crippen molar-refractivity contribution in [2.75, 3.05) is 0 Å². The van der Waals surface area contributed by atoms with Gasteiger partial charge in [0.1, 0.15) is 11.5 Å². The van der Waals surface area contributed by atoms with E-state index in [1.165, 1.54) is 18.2 Å². The highest BCUT2D eigenvalue weighted by molar-refractivity contribution is 7.27. The van der Waals surface area contributed by atoms with Gasteiger partial charge in [0, 0.05) is 11.6 Å². The number of nitro groups is 1. The van der Waals surface area contributed by atoms with E-state index in [1.807, 2.05) is 25.1 Å². The first-order valence-electron chi connectivity index (χ1n) is 7.49. The molecule has 24 heavy (non-hydrogen) atoms. The molecule has 2 aromatic rings. The number of non-ortho nitro benzene ring substituents is 1. The number of aryl methyl sites for hydroxylation is 1. The summed E-state index contributed by atoms with van der Waals surface area (Å²) in [4.78, 5) is 10.4. The van der Waals surface area contributed by atoms with E-state index < -0.39 is 4.92 Å². The fraction of sp³-hybridized carbons (Fsp3) is 0.294. The number of nitrogens with zero attached hydrogens (tertiary/aromatic N) is 1. The summed E-state index contributed by atoms with van der Waals surface area (Å²) in [5, 5.41) is 20.2. The average Bonchev–Trinajstić information content (AvgIpc) is 2.54. The van der Waals surface area contributed by atoms with Crippen LogP contribution < -0.4 is 9.05 Å². The maximum Gasteiger partial charge on any atom is 0.275 e. The maximum absolute atomic E-state index is 10.9. The Bertz CT molecular complexity index is 733. The van der Waals surface area contributed by atoms with Crippen LogP contribution in [0.1, 0.15) is 36.5 Å². The Hall–Kier alpha value is -2.17. The van der Waals surface area contributed by atoms with E-state index in [-0.39, 0.29) is 27.1 Å². The van der Waals surface area contributed by atoms with E-state index in [9.17, 15) is 15.2 Å². The average molecular weight is 349 g/mol. The van der Waals surface area contributed by atoms with Crippen molar-refractivity contribution in [2.24, 2.45) is 0 Å². The van der Waals surface area contributed by atoms with Gasteiger partial charge in [-0.25, -0.2) is 0 Å². The van der Waals surface area contributed by atoms with Crippen LogP contribution in [0.25, 0.3) is 0 Å². The van der Waals surface area contributed by atoms with Crippen LogP contribution in [0.4, 0.5) is 5.69 Å². The Morgan fingerprint density at radius 2 is 1.88 bits per heavy atom. The van der Waals surface area contributed by atoms with Crippen LogP contribution in [0.15, 0.2) is 36.4 Å². The smallest absolute Gasteiger partial charge is 0.275 e. The fourth-order valence-electron chi connectivity index (χ4n) is 2.20. The zero-order valence-electron chi connectivity index (χ0n) is 13.8. The lowest BCUT2D eigenvalue weighted by Gasteiger charge is -2.15. The molecule has 1 N–H and O–H groups in total. The third kappa shape index (κ3) is 4.43. The molecular weight excluding hydrogens is 329 g/mol. The lowest BCUT2D eigenvalue weighted by molar-refractivity contribution is -0.384. The minimum absolute atomic E-state index is 0.0922. The predicted molar refractivity (Wildman–Crippen MR) is 93.9 cm³/mol. The third-order valence-electron chi connectivity index (χ3n) is 3.53. The largest absolute Gasteiger partial charge is 0.440 e. The summed E-state index contributed by atoms with van der Waals surface area (Å²) < 4.78 is 11.3. The van der Waals surface area contributed by atoms with Gasteiger partial charge in [-0.2, -0.15) is 0 Å². The van der Waals surface area contributed by atoms with E-state index in [0.29, 0.717) is 11.5 Å². The molecular formula is C17H20NO5P. The maximum atomic E-state index is 10.9. The summed E-state index contributed by atoms with van der Waals surface area (Å²) in [7, 11) is -0.372. The van der Waals surface area contributed by atoms with Gasteiger partial charge < -0.3 is 14.2 Å². The quantitative estimate of drug-likeness (QED) is 0.453. The summed E-state index contributed by atoms with van der Waals surface area (Å²) in [6, 6.07) is 10.1. The van der Waals surface area contributed by atoms with Crippen molar-refractivity contribution in [1.82, 2.24) is 0 Å². The summed E-state index contributed by atoms with van der Waals surface area (Å²) in [5.74, 6) is 1.29. The van der Waals surface area contributed by atoms with Crippen molar-refractivity contribution in [2.45, 2.75) is 33.3 Å². The zero-order chi connectivity index (χ0) is 17.7. The molecule has 0 aliphatic rings. The van der Waals surface area contributed by atoms with Crippen molar-refractivity contribution in [3.8, 4) is 11.5 Å². The first-order chi connectivity index (χ1) is 11.4. The number of nitro benzene ring substituents is 1. The summed E-state index contributed by atoms with van der Waals surface area (Å²) in [6.45, 7) is 5.86. The van der Waals surface area contributed by atoms with E-state index in [2.05, 4.69) is 13.8 Å². The van der Waals surface area contributed by atoms with Gasteiger partial charge in [-0.3, -0.25) is 10.1 Å². The SMILES string of the molecule is Cc1ccc(C(C)C)c(OPOc2cc([N+](=O)[O-])ccc2CO)c1. The van der Waals surface area contributed by atoms with Gasteiger partial charge >= 0.3 is 0 Å². The molecule has 0 aliphatic heterocycles. The van der Waals surface area contributed by atoms with Gasteiger partial charge in [-0.15, -0.1) is 0 Å². The number of benzene rings is 2. The lowest BCUT2D eigenvalue weighted by Crippen LogP contribution is -1.96. The van der Waals surface area contributed by atoms with Gasteiger partial charge in [0.2, 0.25) is 0 Å². The molecule has 0 spiro atoms. The molecule has 1 atom stereocenters. The fourth-order valence-corrected chi connectivity index (χ4v) is 2.79. The zero-order valence-corrected chi connectivity index (χ0v) is 14.8. The Balaban J connectivity index is 2.13. The van der Waals surface area contributed by atoms with Gasteiger partial charge in [0.25, 0.3) is 14.7 Å². The highest BCUT2D eigenvalue weighted by Crippen LogP contribution is 2.34. The second kappa shape index (κ2) is 8.08. The topological polar surface area (TPSA) is 81.8 Å². The third-order valence-corrected chi connectivity index (χ3v) is 4.13. The molecule has 0 amide bonds. The number of aliphatic hydroxyl groups excluding tert-OH is 1. The molecule has 0 aliphatic carbocycles. The molecule has 128 valence electrons. The van der Waals surface area contributed by atoms with E-state index in [0.717, 1.165) is 16.9 Å². The minimum atomic E-state index is -0.505. The molecule has 0 radical (unpaired) electrons.